The Morgan fingerprint density at radius 1 is 1.62 bits per heavy atom. The molecule has 0 bridgehead atoms. The van der Waals surface area contributed by atoms with Crippen molar-refractivity contribution in [2.45, 2.75) is 12.6 Å². The number of nitrogens with two attached hydrogens (primary N) is 1. The number of aliphatic hydroxyl groups is 1. The second kappa shape index (κ2) is 4.16. The summed E-state index contributed by atoms with van der Waals surface area (Å²) in [6.45, 7) is 3.37. The summed E-state index contributed by atoms with van der Waals surface area (Å²) in [4.78, 5) is 0. The van der Waals surface area contributed by atoms with Crippen LogP contribution in [0.3, 0.4) is 0 Å². The second-order valence-electron chi connectivity index (χ2n) is 2.78. The summed E-state index contributed by atoms with van der Waals surface area (Å²) >= 11 is 0. The molecule has 13 heavy (non-hydrogen) atoms. The molecule has 1 rings (SSSR count). The lowest BCUT2D eigenvalue weighted by Crippen LogP contribution is -2.09. The lowest BCUT2D eigenvalue weighted by molar-refractivity contribution is 0.281. The van der Waals surface area contributed by atoms with Crippen LogP contribution in [0.15, 0.2) is 30.9 Å². The molecule has 0 aromatic heterocycles. The highest BCUT2D eigenvalue weighted by Crippen LogP contribution is 2.17. The fraction of sp³-hybridized carbons (Fsp3) is 0.200. The highest BCUT2D eigenvalue weighted by atomic mass is 19.1. The average Bonchev–Trinajstić information content (AvgIpc) is 2.17. The Bertz CT molecular complexity index is 312. The highest BCUT2D eigenvalue weighted by molar-refractivity contribution is 5.29. The van der Waals surface area contributed by atoms with Gasteiger partial charge in [0, 0.05) is 5.56 Å². The third kappa shape index (κ3) is 2.14. The molecule has 0 aliphatic carbocycles. The molecule has 0 heterocycles. The Morgan fingerprint density at radius 2 is 2.31 bits per heavy atom. The van der Waals surface area contributed by atoms with Gasteiger partial charge in [-0.05, 0) is 17.7 Å². The number of aliphatic hydroxyl groups excluding tert-OH is 1. The normalized spacial score (nSPS) is 12.5. The molecule has 0 radical (unpaired) electrons. The zero-order valence-electron chi connectivity index (χ0n) is 7.20. The zero-order chi connectivity index (χ0) is 9.84. The predicted molar refractivity (Wildman–Crippen MR) is 49.4 cm³/mol. The third-order valence-corrected chi connectivity index (χ3v) is 1.86. The molecule has 70 valence electrons. The molecule has 1 atom stereocenters. The minimum absolute atomic E-state index is 0.114. The summed E-state index contributed by atoms with van der Waals surface area (Å²) < 4.78 is 13.1. The summed E-state index contributed by atoms with van der Waals surface area (Å²) in [5.41, 5.74) is 6.59. The van der Waals surface area contributed by atoms with E-state index in [1.807, 2.05) is 0 Å². The maximum atomic E-state index is 13.1. The molecule has 2 nitrogen and oxygen atoms in total. The lowest BCUT2D eigenvalue weighted by atomic mass is 10.0. The van der Waals surface area contributed by atoms with Crippen LogP contribution in [0, 0.1) is 5.82 Å². The fourth-order valence-electron chi connectivity index (χ4n) is 1.07. The molecule has 0 aliphatic heterocycles. The summed E-state index contributed by atoms with van der Waals surface area (Å²) in [6, 6.07) is 3.84. The Kier molecular flexibility index (Phi) is 3.17. The number of hydrogen-bond donors (Lipinski definition) is 2. The number of rotatable bonds is 3. The Balaban J connectivity index is 3.10. The first-order valence-electron chi connectivity index (χ1n) is 3.96. The van der Waals surface area contributed by atoms with Crippen LogP contribution in [-0.4, -0.2) is 5.11 Å². The van der Waals surface area contributed by atoms with E-state index in [2.05, 4.69) is 6.58 Å². The van der Waals surface area contributed by atoms with Gasteiger partial charge in [-0.1, -0.05) is 12.1 Å². The SMILES string of the molecule is C=CC(N)c1cc(CO)ccc1F. The van der Waals surface area contributed by atoms with Crippen LogP contribution in [-0.2, 0) is 6.61 Å². The van der Waals surface area contributed by atoms with E-state index in [1.54, 1.807) is 6.07 Å². The third-order valence-electron chi connectivity index (χ3n) is 1.86. The van der Waals surface area contributed by atoms with Crippen molar-refractivity contribution in [1.29, 1.82) is 0 Å². The Hall–Kier alpha value is -1.19. The molecule has 1 unspecified atom stereocenters. The van der Waals surface area contributed by atoms with Gasteiger partial charge in [0.2, 0.25) is 0 Å². The standard InChI is InChI=1S/C10H12FNO/c1-2-10(12)8-5-7(6-13)3-4-9(8)11/h2-5,10,13H,1,6,12H2. The zero-order valence-corrected chi connectivity index (χ0v) is 7.20. The van der Waals surface area contributed by atoms with Crippen molar-refractivity contribution < 1.29 is 9.50 Å². The van der Waals surface area contributed by atoms with Gasteiger partial charge in [0.05, 0.1) is 12.6 Å². The second-order valence-corrected chi connectivity index (χ2v) is 2.78. The van der Waals surface area contributed by atoms with E-state index >= 15 is 0 Å². The van der Waals surface area contributed by atoms with Crippen LogP contribution in [0.5, 0.6) is 0 Å². The van der Waals surface area contributed by atoms with Crippen LogP contribution in [0.2, 0.25) is 0 Å². The average molecular weight is 181 g/mol. The number of benzene rings is 1. The first-order chi connectivity index (χ1) is 6.19. The fourth-order valence-corrected chi connectivity index (χ4v) is 1.07. The maximum Gasteiger partial charge on any atom is 0.128 e. The molecular weight excluding hydrogens is 169 g/mol. The van der Waals surface area contributed by atoms with Gasteiger partial charge in [-0.25, -0.2) is 4.39 Å². The molecule has 0 saturated heterocycles. The van der Waals surface area contributed by atoms with Crippen molar-refractivity contribution in [3.63, 3.8) is 0 Å². The van der Waals surface area contributed by atoms with Crippen LogP contribution in [0.25, 0.3) is 0 Å². The minimum atomic E-state index is -0.522. The van der Waals surface area contributed by atoms with Gasteiger partial charge in [-0.2, -0.15) is 0 Å². The smallest absolute Gasteiger partial charge is 0.128 e. The van der Waals surface area contributed by atoms with Gasteiger partial charge in [0.25, 0.3) is 0 Å². The quantitative estimate of drug-likeness (QED) is 0.694. The van der Waals surface area contributed by atoms with E-state index in [0.29, 0.717) is 11.1 Å². The first kappa shape index (κ1) is 9.89. The van der Waals surface area contributed by atoms with Crippen LogP contribution in [0.1, 0.15) is 17.2 Å². The van der Waals surface area contributed by atoms with E-state index in [0.717, 1.165) is 0 Å². The van der Waals surface area contributed by atoms with Crippen molar-refractivity contribution in [3.8, 4) is 0 Å². The molecule has 0 saturated carbocycles. The number of hydrogen-bond acceptors (Lipinski definition) is 2. The molecule has 0 aliphatic rings. The van der Waals surface area contributed by atoms with E-state index in [-0.39, 0.29) is 12.4 Å². The predicted octanol–water partition coefficient (Wildman–Crippen LogP) is 1.50. The molecule has 0 spiro atoms. The first-order valence-corrected chi connectivity index (χ1v) is 3.96. The van der Waals surface area contributed by atoms with E-state index in [4.69, 9.17) is 10.8 Å². The molecule has 3 N–H and O–H groups in total. The van der Waals surface area contributed by atoms with Gasteiger partial charge in [-0.3, -0.25) is 0 Å². The van der Waals surface area contributed by atoms with Crippen LogP contribution in [0.4, 0.5) is 4.39 Å². The highest BCUT2D eigenvalue weighted by Gasteiger charge is 2.08. The van der Waals surface area contributed by atoms with Gasteiger partial charge < -0.3 is 10.8 Å². The van der Waals surface area contributed by atoms with E-state index in [1.165, 1.54) is 18.2 Å². The molecule has 3 heteroatoms. The summed E-state index contributed by atoms with van der Waals surface area (Å²) in [6.07, 6.45) is 1.46. The van der Waals surface area contributed by atoms with Gasteiger partial charge in [0.1, 0.15) is 5.82 Å². The van der Waals surface area contributed by atoms with Crippen LogP contribution >= 0.6 is 0 Å². The van der Waals surface area contributed by atoms with Gasteiger partial charge >= 0.3 is 0 Å². The summed E-state index contributed by atoms with van der Waals surface area (Å²) in [5.74, 6) is -0.371. The van der Waals surface area contributed by atoms with Crippen molar-refractivity contribution in [1.82, 2.24) is 0 Å². The van der Waals surface area contributed by atoms with Crippen molar-refractivity contribution in [2.24, 2.45) is 5.73 Å². The molecule has 0 fully saturated rings. The van der Waals surface area contributed by atoms with Crippen molar-refractivity contribution >= 4 is 0 Å². The summed E-state index contributed by atoms with van der Waals surface area (Å²) in [5, 5.41) is 8.82. The molecular formula is C10H12FNO. The minimum Gasteiger partial charge on any atom is -0.392 e. The van der Waals surface area contributed by atoms with Crippen molar-refractivity contribution in [2.75, 3.05) is 0 Å². The van der Waals surface area contributed by atoms with Gasteiger partial charge in [0.15, 0.2) is 0 Å². The Morgan fingerprint density at radius 3 is 2.85 bits per heavy atom. The van der Waals surface area contributed by atoms with E-state index < -0.39 is 6.04 Å². The topological polar surface area (TPSA) is 46.2 Å². The van der Waals surface area contributed by atoms with E-state index in [9.17, 15) is 4.39 Å². The van der Waals surface area contributed by atoms with Gasteiger partial charge in [-0.15, -0.1) is 6.58 Å². The maximum absolute atomic E-state index is 13.1. The number of halogens is 1. The molecule has 1 aromatic carbocycles. The Labute approximate surface area is 76.5 Å². The van der Waals surface area contributed by atoms with Crippen molar-refractivity contribution in [3.05, 3.63) is 47.8 Å². The monoisotopic (exact) mass is 181 g/mol. The largest absolute Gasteiger partial charge is 0.392 e. The molecule has 0 amide bonds. The van der Waals surface area contributed by atoms with Crippen LogP contribution < -0.4 is 5.73 Å². The summed E-state index contributed by atoms with van der Waals surface area (Å²) in [7, 11) is 0. The lowest BCUT2D eigenvalue weighted by Gasteiger charge is -2.09. The molecule has 1 aromatic rings.